The topological polar surface area (TPSA) is 29.3 Å². The second kappa shape index (κ2) is 6.02. The van der Waals surface area contributed by atoms with Gasteiger partial charge in [0.15, 0.2) is 0 Å². The molecule has 1 saturated carbocycles. The van der Waals surface area contributed by atoms with Crippen LogP contribution in [0, 0.1) is 5.92 Å². The number of likely N-dealkylation sites (N-methyl/N-ethyl adjacent to an activating group) is 1. The minimum atomic E-state index is 0.295. The second-order valence-corrected chi connectivity index (χ2v) is 5.69. The van der Waals surface area contributed by atoms with Gasteiger partial charge in [0.1, 0.15) is 0 Å². The molecule has 16 heavy (non-hydrogen) atoms. The maximum atomic E-state index is 6.09. The van der Waals surface area contributed by atoms with Crippen molar-refractivity contribution in [3.63, 3.8) is 0 Å². The molecular weight excluding hydrogens is 196 g/mol. The quantitative estimate of drug-likeness (QED) is 0.781. The SMILES string of the molecule is CCC(CC)N(C)C1(CN)CCC(C)CC1. The first-order valence-corrected chi connectivity index (χ1v) is 7.02. The normalized spacial score (nSPS) is 31.3. The van der Waals surface area contributed by atoms with E-state index >= 15 is 0 Å². The molecule has 0 unspecified atom stereocenters. The Kier molecular flexibility index (Phi) is 5.26. The monoisotopic (exact) mass is 226 g/mol. The zero-order valence-electron chi connectivity index (χ0n) is 11.6. The van der Waals surface area contributed by atoms with Gasteiger partial charge in [-0.1, -0.05) is 20.8 Å². The van der Waals surface area contributed by atoms with Gasteiger partial charge in [0, 0.05) is 18.1 Å². The first-order valence-electron chi connectivity index (χ1n) is 7.02. The summed E-state index contributed by atoms with van der Waals surface area (Å²) >= 11 is 0. The van der Waals surface area contributed by atoms with E-state index in [-0.39, 0.29) is 0 Å². The Bertz CT molecular complexity index is 191. The third-order valence-corrected chi connectivity index (χ3v) is 4.82. The molecule has 1 aliphatic rings. The van der Waals surface area contributed by atoms with Crippen LogP contribution >= 0.6 is 0 Å². The maximum Gasteiger partial charge on any atom is 0.0331 e. The minimum Gasteiger partial charge on any atom is -0.329 e. The van der Waals surface area contributed by atoms with Crippen molar-refractivity contribution in [2.45, 2.75) is 70.9 Å². The lowest BCUT2D eigenvalue weighted by molar-refractivity contribution is 0.0293. The van der Waals surface area contributed by atoms with E-state index in [0.717, 1.165) is 12.5 Å². The van der Waals surface area contributed by atoms with Gasteiger partial charge in [0.2, 0.25) is 0 Å². The van der Waals surface area contributed by atoms with Gasteiger partial charge in [0.25, 0.3) is 0 Å². The number of nitrogens with two attached hydrogens (primary N) is 1. The molecule has 0 aliphatic heterocycles. The summed E-state index contributed by atoms with van der Waals surface area (Å²) in [6.07, 6.45) is 7.76. The van der Waals surface area contributed by atoms with Gasteiger partial charge >= 0.3 is 0 Å². The lowest BCUT2D eigenvalue weighted by Crippen LogP contribution is -2.57. The first-order chi connectivity index (χ1) is 7.59. The van der Waals surface area contributed by atoms with Crippen molar-refractivity contribution in [3.8, 4) is 0 Å². The van der Waals surface area contributed by atoms with Crippen LogP contribution in [0.4, 0.5) is 0 Å². The Morgan fingerprint density at radius 3 is 2.12 bits per heavy atom. The Morgan fingerprint density at radius 1 is 1.25 bits per heavy atom. The van der Waals surface area contributed by atoms with Gasteiger partial charge in [-0.3, -0.25) is 4.90 Å². The van der Waals surface area contributed by atoms with E-state index in [4.69, 9.17) is 5.73 Å². The lowest BCUT2D eigenvalue weighted by atomic mass is 9.75. The van der Waals surface area contributed by atoms with Gasteiger partial charge in [0.05, 0.1) is 0 Å². The smallest absolute Gasteiger partial charge is 0.0331 e. The zero-order valence-corrected chi connectivity index (χ0v) is 11.6. The predicted molar refractivity (Wildman–Crippen MR) is 71.6 cm³/mol. The number of hydrogen-bond acceptors (Lipinski definition) is 2. The van der Waals surface area contributed by atoms with E-state index in [1.165, 1.54) is 38.5 Å². The summed E-state index contributed by atoms with van der Waals surface area (Å²) in [6.45, 7) is 7.78. The fourth-order valence-corrected chi connectivity index (χ4v) is 3.22. The molecule has 2 N–H and O–H groups in total. The molecular formula is C14H30N2. The molecule has 1 rings (SSSR count). The van der Waals surface area contributed by atoms with Crippen LogP contribution in [0.5, 0.6) is 0 Å². The van der Waals surface area contributed by atoms with Gasteiger partial charge in [-0.2, -0.15) is 0 Å². The Hall–Kier alpha value is -0.0800. The van der Waals surface area contributed by atoms with Crippen LogP contribution in [0.3, 0.4) is 0 Å². The Balaban J connectivity index is 2.71. The van der Waals surface area contributed by atoms with Crippen LogP contribution in [-0.4, -0.2) is 30.1 Å². The molecule has 0 saturated heterocycles. The van der Waals surface area contributed by atoms with E-state index in [1.807, 2.05) is 0 Å². The Morgan fingerprint density at radius 2 is 1.75 bits per heavy atom. The van der Waals surface area contributed by atoms with E-state index in [1.54, 1.807) is 0 Å². The molecule has 1 fully saturated rings. The van der Waals surface area contributed by atoms with Crippen molar-refractivity contribution < 1.29 is 0 Å². The van der Waals surface area contributed by atoms with Crippen LogP contribution in [0.25, 0.3) is 0 Å². The standard InChI is InChI=1S/C14H30N2/c1-5-13(6-2)16(4)14(11-15)9-7-12(3)8-10-14/h12-13H,5-11,15H2,1-4H3. The van der Waals surface area contributed by atoms with Crippen molar-refractivity contribution in [1.82, 2.24) is 4.90 Å². The summed E-state index contributed by atoms with van der Waals surface area (Å²) in [6, 6.07) is 0.706. The highest BCUT2D eigenvalue weighted by Gasteiger charge is 2.38. The van der Waals surface area contributed by atoms with Crippen molar-refractivity contribution in [3.05, 3.63) is 0 Å². The average molecular weight is 226 g/mol. The second-order valence-electron chi connectivity index (χ2n) is 5.69. The van der Waals surface area contributed by atoms with Crippen LogP contribution in [0.2, 0.25) is 0 Å². The zero-order chi connectivity index (χ0) is 12.2. The third-order valence-electron chi connectivity index (χ3n) is 4.82. The molecule has 0 aromatic heterocycles. The molecule has 0 aromatic rings. The molecule has 0 amide bonds. The van der Waals surface area contributed by atoms with Crippen LogP contribution in [0.1, 0.15) is 59.3 Å². The van der Waals surface area contributed by atoms with E-state index in [2.05, 4.69) is 32.7 Å². The predicted octanol–water partition coefficient (Wildman–Crippen LogP) is 3.01. The first kappa shape index (κ1) is 14.0. The summed E-state index contributed by atoms with van der Waals surface area (Å²) in [7, 11) is 2.29. The fourth-order valence-electron chi connectivity index (χ4n) is 3.22. The molecule has 0 aromatic carbocycles. The van der Waals surface area contributed by atoms with E-state index < -0.39 is 0 Å². The van der Waals surface area contributed by atoms with E-state index in [9.17, 15) is 0 Å². The molecule has 0 heterocycles. The average Bonchev–Trinajstić information content (AvgIpc) is 2.32. The minimum absolute atomic E-state index is 0.295. The largest absolute Gasteiger partial charge is 0.329 e. The maximum absolute atomic E-state index is 6.09. The van der Waals surface area contributed by atoms with Gasteiger partial charge in [-0.15, -0.1) is 0 Å². The molecule has 2 heteroatoms. The van der Waals surface area contributed by atoms with Crippen molar-refractivity contribution in [1.29, 1.82) is 0 Å². The van der Waals surface area contributed by atoms with Crippen molar-refractivity contribution in [2.75, 3.05) is 13.6 Å². The van der Waals surface area contributed by atoms with Crippen LogP contribution in [0.15, 0.2) is 0 Å². The lowest BCUT2D eigenvalue weighted by Gasteiger charge is -2.48. The molecule has 0 radical (unpaired) electrons. The molecule has 96 valence electrons. The number of hydrogen-bond donors (Lipinski definition) is 1. The molecule has 0 atom stereocenters. The van der Waals surface area contributed by atoms with Crippen molar-refractivity contribution >= 4 is 0 Å². The highest BCUT2D eigenvalue weighted by molar-refractivity contribution is 4.96. The molecule has 0 bridgehead atoms. The highest BCUT2D eigenvalue weighted by atomic mass is 15.2. The molecule has 0 spiro atoms. The summed E-state index contributed by atoms with van der Waals surface area (Å²) in [5, 5.41) is 0. The van der Waals surface area contributed by atoms with E-state index in [0.29, 0.717) is 11.6 Å². The van der Waals surface area contributed by atoms with Gasteiger partial charge in [-0.05, 0) is 51.5 Å². The van der Waals surface area contributed by atoms with Crippen molar-refractivity contribution in [2.24, 2.45) is 11.7 Å². The third kappa shape index (κ3) is 2.78. The molecule has 2 nitrogen and oxygen atoms in total. The number of rotatable bonds is 5. The van der Waals surface area contributed by atoms with Crippen LogP contribution in [-0.2, 0) is 0 Å². The summed E-state index contributed by atoms with van der Waals surface area (Å²) in [5.41, 5.74) is 6.38. The van der Waals surface area contributed by atoms with Gasteiger partial charge in [-0.25, -0.2) is 0 Å². The summed E-state index contributed by atoms with van der Waals surface area (Å²) in [5.74, 6) is 0.898. The number of nitrogens with zero attached hydrogens (tertiary/aromatic N) is 1. The fraction of sp³-hybridized carbons (Fsp3) is 1.00. The van der Waals surface area contributed by atoms with Gasteiger partial charge < -0.3 is 5.73 Å². The summed E-state index contributed by atoms with van der Waals surface area (Å²) < 4.78 is 0. The van der Waals surface area contributed by atoms with Crippen LogP contribution < -0.4 is 5.73 Å². The Labute approximate surface area is 102 Å². The summed E-state index contributed by atoms with van der Waals surface area (Å²) in [4.78, 5) is 2.60. The highest BCUT2D eigenvalue weighted by Crippen LogP contribution is 2.36. The molecule has 1 aliphatic carbocycles.